The number of rotatable bonds is 4. The van der Waals surface area contributed by atoms with E-state index in [0.717, 1.165) is 17.3 Å². The van der Waals surface area contributed by atoms with Gasteiger partial charge in [-0.2, -0.15) is 5.10 Å². The molecule has 0 aliphatic rings. The minimum atomic E-state index is -0.00865. The predicted octanol–water partition coefficient (Wildman–Crippen LogP) is 3.20. The molecule has 3 rings (SSSR count). The molecule has 0 radical (unpaired) electrons. The monoisotopic (exact) mass is 271 g/mol. The molecule has 2 aromatic heterocycles. The fraction of sp³-hybridized carbons (Fsp3) is 0.143. The lowest BCUT2D eigenvalue weighted by molar-refractivity contribution is -0.116. The van der Waals surface area contributed by atoms with Gasteiger partial charge in [-0.25, -0.2) is 0 Å². The van der Waals surface area contributed by atoms with Crippen LogP contribution in [-0.4, -0.2) is 16.1 Å². The molecule has 2 N–H and O–H groups in total. The Labute approximate surface area is 114 Å². The maximum Gasteiger partial charge on any atom is 0.225 e. The number of carbonyl (C=O) groups excluding carboxylic acids is 1. The summed E-state index contributed by atoms with van der Waals surface area (Å²) in [6.07, 6.45) is 1.24. The van der Waals surface area contributed by atoms with Crippen molar-refractivity contribution >= 4 is 34.0 Å². The predicted molar refractivity (Wildman–Crippen MR) is 77.4 cm³/mol. The molecule has 0 aliphatic heterocycles. The fourth-order valence-electron chi connectivity index (χ4n) is 1.94. The van der Waals surface area contributed by atoms with Crippen molar-refractivity contribution in [2.24, 2.45) is 0 Å². The zero-order valence-electron chi connectivity index (χ0n) is 10.2. The van der Waals surface area contributed by atoms with Gasteiger partial charge in [0.05, 0.1) is 5.52 Å². The van der Waals surface area contributed by atoms with Crippen molar-refractivity contribution in [3.8, 4) is 0 Å². The van der Waals surface area contributed by atoms with E-state index in [0.29, 0.717) is 12.2 Å². The van der Waals surface area contributed by atoms with E-state index in [9.17, 15) is 4.79 Å². The van der Waals surface area contributed by atoms with Crippen LogP contribution in [0.2, 0.25) is 0 Å². The largest absolute Gasteiger partial charge is 0.309 e. The van der Waals surface area contributed by atoms with Crippen molar-refractivity contribution in [2.45, 2.75) is 12.8 Å². The van der Waals surface area contributed by atoms with E-state index in [1.165, 1.54) is 4.88 Å². The quantitative estimate of drug-likeness (QED) is 0.765. The number of fused-ring (bicyclic) bond motifs is 1. The summed E-state index contributed by atoms with van der Waals surface area (Å²) in [7, 11) is 0. The van der Waals surface area contributed by atoms with E-state index in [2.05, 4.69) is 15.5 Å². The summed E-state index contributed by atoms with van der Waals surface area (Å²) >= 11 is 1.67. The van der Waals surface area contributed by atoms with Crippen LogP contribution < -0.4 is 5.32 Å². The summed E-state index contributed by atoms with van der Waals surface area (Å²) in [6.45, 7) is 0. The van der Waals surface area contributed by atoms with E-state index >= 15 is 0 Å². The molecule has 0 bridgehead atoms. The second-order valence-corrected chi connectivity index (χ2v) is 5.28. The number of thiophene rings is 1. The highest BCUT2D eigenvalue weighted by Gasteiger charge is 2.09. The summed E-state index contributed by atoms with van der Waals surface area (Å²) in [6, 6.07) is 11.8. The summed E-state index contributed by atoms with van der Waals surface area (Å²) in [4.78, 5) is 13.1. The van der Waals surface area contributed by atoms with Crippen LogP contribution in [-0.2, 0) is 11.2 Å². The highest BCUT2D eigenvalue weighted by Crippen LogP contribution is 2.20. The average molecular weight is 271 g/mol. The van der Waals surface area contributed by atoms with Gasteiger partial charge in [-0.3, -0.25) is 9.89 Å². The number of nitrogens with zero attached hydrogens (tertiary/aromatic N) is 1. The molecule has 0 aliphatic carbocycles. The first-order valence-corrected chi connectivity index (χ1v) is 6.96. The van der Waals surface area contributed by atoms with Crippen LogP contribution in [0, 0.1) is 0 Å². The number of aromatic amines is 1. The van der Waals surface area contributed by atoms with Crippen molar-refractivity contribution in [1.29, 1.82) is 0 Å². The van der Waals surface area contributed by atoms with Crippen LogP contribution in [0.15, 0.2) is 41.8 Å². The summed E-state index contributed by atoms with van der Waals surface area (Å²) in [5.41, 5.74) is 0.927. The Morgan fingerprint density at radius 2 is 2.16 bits per heavy atom. The smallest absolute Gasteiger partial charge is 0.225 e. The highest BCUT2D eigenvalue weighted by atomic mass is 32.1. The first kappa shape index (κ1) is 11.9. The molecule has 4 nitrogen and oxygen atoms in total. The van der Waals surface area contributed by atoms with Crippen molar-refractivity contribution in [2.75, 3.05) is 5.32 Å². The molecule has 5 heteroatoms. The number of hydrogen-bond donors (Lipinski definition) is 2. The number of nitrogens with one attached hydrogen (secondary N) is 2. The number of H-pyrrole nitrogens is 1. The van der Waals surface area contributed by atoms with Crippen molar-refractivity contribution < 1.29 is 4.79 Å². The van der Waals surface area contributed by atoms with Gasteiger partial charge in [0.1, 0.15) is 0 Å². The first-order valence-electron chi connectivity index (χ1n) is 6.08. The second-order valence-electron chi connectivity index (χ2n) is 4.25. The Morgan fingerprint density at radius 1 is 1.26 bits per heavy atom. The topological polar surface area (TPSA) is 57.8 Å². The van der Waals surface area contributed by atoms with Gasteiger partial charge in [-0.15, -0.1) is 11.3 Å². The zero-order valence-corrected chi connectivity index (χ0v) is 11.0. The van der Waals surface area contributed by atoms with Gasteiger partial charge in [0, 0.05) is 16.7 Å². The Kier molecular flexibility index (Phi) is 3.29. The van der Waals surface area contributed by atoms with E-state index in [1.807, 2.05) is 41.8 Å². The Hall–Kier alpha value is -2.14. The Morgan fingerprint density at radius 3 is 3.00 bits per heavy atom. The van der Waals surface area contributed by atoms with E-state index < -0.39 is 0 Å². The van der Waals surface area contributed by atoms with Crippen LogP contribution in [0.5, 0.6) is 0 Å². The Balaban J connectivity index is 1.66. The lowest BCUT2D eigenvalue weighted by Crippen LogP contribution is -2.12. The lowest BCUT2D eigenvalue weighted by Gasteiger charge is -2.01. The van der Waals surface area contributed by atoms with Gasteiger partial charge >= 0.3 is 0 Å². The zero-order chi connectivity index (χ0) is 13.1. The maximum absolute atomic E-state index is 11.9. The minimum Gasteiger partial charge on any atom is -0.309 e. The number of amides is 1. The average Bonchev–Trinajstić information content (AvgIpc) is 3.07. The number of para-hydroxylation sites is 1. The lowest BCUT2D eigenvalue weighted by atomic mass is 10.2. The minimum absolute atomic E-state index is 0.00865. The number of aromatic nitrogens is 2. The third kappa shape index (κ3) is 2.66. The molecule has 0 saturated carbocycles. The third-order valence-corrected chi connectivity index (χ3v) is 3.84. The molecule has 96 valence electrons. The molecule has 1 amide bonds. The van der Waals surface area contributed by atoms with Crippen LogP contribution in [0.3, 0.4) is 0 Å². The molecule has 0 unspecified atom stereocenters. The van der Waals surface area contributed by atoms with Crippen LogP contribution in [0.1, 0.15) is 11.3 Å². The van der Waals surface area contributed by atoms with E-state index in [4.69, 9.17) is 0 Å². The van der Waals surface area contributed by atoms with Gasteiger partial charge in [0.2, 0.25) is 5.91 Å². The molecule has 19 heavy (non-hydrogen) atoms. The summed E-state index contributed by atoms with van der Waals surface area (Å²) in [5, 5.41) is 12.8. The van der Waals surface area contributed by atoms with Crippen molar-refractivity contribution in [1.82, 2.24) is 10.2 Å². The molecule has 0 fully saturated rings. The molecule has 0 saturated heterocycles. The molecule has 2 heterocycles. The summed E-state index contributed by atoms with van der Waals surface area (Å²) < 4.78 is 0. The van der Waals surface area contributed by atoms with E-state index in [1.54, 1.807) is 11.3 Å². The third-order valence-electron chi connectivity index (χ3n) is 2.91. The number of anilines is 1. The van der Waals surface area contributed by atoms with Crippen molar-refractivity contribution in [3.63, 3.8) is 0 Å². The normalized spacial score (nSPS) is 10.7. The standard InChI is InChI=1S/C14H13N3OS/c18-13(8-7-10-4-3-9-19-10)15-14-11-5-1-2-6-12(11)16-17-14/h1-6,9H,7-8H2,(H2,15,16,17,18). The summed E-state index contributed by atoms with van der Waals surface area (Å²) in [5.74, 6) is 0.595. The fourth-order valence-corrected chi connectivity index (χ4v) is 2.65. The van der Waals surface area contributed by atoms with Crippen molar-refractivity contribution in [3.05, 3.63) is 46.7 Å². The van der Waals surface area contributed by atoms with Gasteiger partial charge in [-0.1, -0.05) is 18.2 Å². The van der Waals surface area contributed by atoms with Crippen LogP contribution in [0.4, 0.5) is 5.82 Å². The number of benzene rings is 1. The van der Waals surface area contributed by atoms with Gasteiger partial charge < -0.3 is 5.32 Å². The Bertz CT molecular complexity index is 688. The molecule has 0 atom stereocenters. The van der Waals surface area contributed by atoms with Crippen LogP contribution in [0.25, 0.3) is 10.9 Å². The van der Waals surface area contributed by atoms with Gasteiger partial charge in [0.25, 0.3) is 0 Å². The molecule has 0 spiro atoms. The number of aryl methyl sites for hydroxylation is 1. The molecule has 1 aromatic carbocycles. The molecule has 3 aromatic rings. The number of hydrogen-bond acceptors (Lipinski definition) is 3. The van der Waals surface area contributed by atoms with E-state index in [-0.39, 0.29) is 5.91 Å². The highest BCUT2D eigenvalue weighted by molar-refractivity contribution is 7.09. The van der Waals surface area contributed by atoms with Gasteiger partial charge in [-0.05, 0) is 30.0 Å². The molecular formula is C14H13N3OS. The molecular weight excluding hydrogens is 258 g/mol. The maximum atomic E-state index is 11.9. The first-order chi connectivity index (χ1) is 9.33. The van der Waals surface area contributed by atoms with Gasteiger partial charge in [0.15, 0.2) is 5.82 Å². The van der Waals surface area contributed by atoms with Crippen LogP contribution >= 0.6 is 11.3 Å². The number of carbonyl (C=O) groups is 1. The SMILES string of the molecule is O=C(CCc1cccs1)Nc1n[nH]c2ccccc12. The second kappa shape index (κ2) is 5.24.